The molecule has 11 nitrogen and oxygen atoms in total. The molecule has 0 radical (unpaired) electrons. The lowest BCUT2D eigenvalue weighted by Crippen LogP contribution is -2.44. The standard InChI is InChI=1S/C21H27N5O6/c1-7-31-19(28)15-9-14(11(4)22-12(15)5)18(27)25-26-21(30)24-17-10(3)16(13(6)23-17)20(29)32-8-2/h9,23H,7-8H2,1-6H3,(H,25,27)(H2,24,26,30). The number of hydrogen-bond acceptors (Lipinski definition) is 7. The zero-order valence-electron chi connectivity index (χ0n) is 18.9. The second-order valence-corrected chi connectivity index (χ2v) is 6.85. The monoisotopic (exact) mass is 445 g/mol. The number of pyridine rings is 1. The van der Waals surface area contributed by atoms with Crippen molar-refractivity contribution in [3.63, 3.8) is 0 Å². The van der Waals surface area contributed by atoms with Gasteiger partial charge in [-0.2, -0.15) is 0 Å². The van der Waals surface area contributed by atoms with Gasteiger partial charge < -0.3 is 14.5 Å². The van der Waals surface area contributed by atoms with Gasteiger partial charge in [0, 0.05) is 11.3 Å². The zero-order chi connectivity index (χ0) is 24.0. The third kappa shape index (κ3) is 5.42. The van der Waals surface area contributed by atoms with Gasteiger partial charge in [-0.25, -0.2) is 19.8 Å². The van der Waals surface area contributed by atoms with Crippen molar-refractivity contribution in [1.82, 2.24) is 20.8 Å². The van der Waals surface area contributed by atoms with Crippen LogP contribution in [0.15, 0.2) is 6.07 Å². The van der Waals surface area contributed by atoms with E-state index in [1.54, 1.807) is 41.5 Å². The Labute approximate surface area is 185 Å². The van der Waals surface area contributed by atoms with E-state index in [4.69, 9.17) is 9.47 Å². The molecule has 2 aromatic heterocycles. The highest BCUT2D eigenvalue weighted by Crippen LogP contribution is 2.23. The smallest absolute Gasteiger partial charge is 0.340 e. The van der Waals surface area contributed by atoms with Crippen LogP contribution in [0.5, 0.6) is 0 Å². The maximum absolute atomic E-state index is 12.5. The number of aryl methyl sites for hydroxylation is 3. The van der Waals surface area contributed by atoms with Crippen LogP contribution in [0.3, 0.4) is 0 Å². The maximum Gasteiger partial charge on any atom is 0.340 e. The molecule has 0 aliphatic rings. The number of amides is 3. The number of esters is 2. The van der Waals surface area contributed by atoms with Crippen LogP contribution in [0.4, 0.5) is 10.6 Å². The number of ether oxygens (including phenoxy) is 2. The van der Waals surface area contributed by atoms with Crippen LogP contribution in [0.25, 0.3) is 0 Å². The molecule has 3 amide bonds. The largest absolute Gasteiger partial charge is 0.462 e. The number of H-pyrrole nitrogens is 1. The quantitative estimate of drug-likeness (QED) is 0.394. The molecule has 4 N–H and O–H groups in total. The van der Waals surface area contributed by atoms with Crippen molar-refractivity contribution in [2.75, 3.05) is 18.5 Å². The second-order valence-electron chi connectivity index (χ2n) is 6.85. The molecule has 0 atom stereocenters. The lowest BCUT2D eigenvalue weighted by atomic mass is 10.1. The molecule has 0 aliphatic heterocycles. The lowest BCUT2D eigenvalue weighted by molar-refractivity contribution is 0.0515. The lowest BCUT2D eigenvalue weighted by Gasteiger charge is -2.12. The summed E-state index contributed by atoms with van der Waals surface area (Å²) in [7, 11) is 0. The average Bonchev–Trinajstić information content (AvgIpc) is 2.99. The second kappa shape index (κ2) is 10.4. The number of hydrogen-bond donors (Lipinski definition) is 4. The minimum absolute atomic E-state index is 0.107. The molecule has 0 saturated heterocycles. The summed E-state index contributed by atoms with van der Waals surface area (Å²) in [6, 6.07) is 0.621. The molecule has 11 heteroatoms. The van der Waals surface area contributed by atoms with E-state index in [9.17, 15) is 19.2 Å². The summed E-state index contributed by atoms with van der Waals surface area (Å²) in [6.07, 6.45) is 0. The summed E-state index contributed by atoms with van der Waals surface area (Å²) in [4.78, 5) is 56.0. The first-order chi connectivity index (χ1) is 15.1. The Hall–Kier alpha value is -3.89. The maximum atomic E-state index is 12.5. The molecule has 0 unspecified atom stereocenters. The van der Waals surface area contributed by atoms with Crippen molar-refractivity contribution in [2.24, 2.45) is 0 Å². The van der Waals surface area contributed by atoms with Gasteiger partial charge in [0.15, 0.2) is 0 Å². The van der Waals surface area contributed by atoms with Gasteiger partial charge in [-0.15, -0.1) is 0 Å². The van der Waals surface area contributed by atoms with Gasteiger partial charge in [0.25, 0.3) is 5.91 Å². The number of nitrogens with zero attached hydrogens (tertiary/aromatic N) is 1. The van der Waals surface area contributed by atoms with Gasteiger partial charge in [-0.05, 0) is 47.6 Å². The number of aromatic nitrogens is 2. The molecule has 0 saturated carbocycles. The fourth-order valence-corrected chi connectivity index (χ4v) is 3.08. The summed E-state index contributed by atoms with van der Waals surface area (Å²) in [6.45, 7) is 10.4. The van der Waals surface area contributed by atoms with Gasteiger partial charge in [-0.1, -0.05) is 0 Å². The Bertz CT molecular complexity index is 1060. The Morgan fingerprint density at radius 1 is 0.906 bits per heavy atom. The van der Waals surface area contributed by atoms with Crippen molar-refractivity contribution in [2.45, 2.75) is 41.5 Å². The molecule has 2 aromatic rings. The number of anilines is 1. The van der Waals surface area contributed by atoms with E-state index in [-0.39, 0.29) is 30.2 Å². The summed E-state index contributed by atoms with van der Waals surface area (Å²) in [5.74, 6) is -1.47. The van der Waals surface area contributed by atoms with Crippen LogP contribution in [0.1, 0.15) is 67.6 Å². The average molecular weight is 445 g/mol. The minimum atomic E-state index is -0.749. The molecule has 0 aliphatic carbocycles. The third-order valence-electron chi connectivity index (χ3n) is 4.59. The van der Waals surface area contributed by atoms with Gasteiger partial charge in [0.05, 0.1) is 41.3 Å². The Morgan fingerprint density at radius 2 is 1.50 bits per heavy atom. The summed E-state index contributed by atoms with van der Waals surface area (Å²) in [5, 5.41) is 2.53. The fraction of sp³-hybridized carbons (Fsp3) is 0.381. The summed E-state index contributed by atoms with van der Waals surface area (Å²) >= 11 is 0. The first-order valence-corrected chi connectivity index (χ1v) is 9.99. The van der Waals surface area contributed by atoms with Gasteiger partial charge >= 0.3 is 18.0 Å². The van der Waals surface area contributed by atoms with E-state index in [1.807, 2.05) is 0 Å². The predicted molar refractivity (Wildman–Crippen MR) is 116 cm³/mol. The van der Waals surface area contributed by atoms with Crippen LogP contribution in [-0.4, -0.2) is 47.1 Å². The number of carbonyl (C=O) groups is 4. The molecule has 0 bridgehead atoms. The highest BCUT2D eigenvalue weighted by molar-refractivity contribution is 6.01. The summed E-state index contributed by atoms with van der Waals surface area (Å²) < 4.78 is 9.99. The molecular formula is C21H27N5O6. The van der Waals surface area contributed by atoms with E-state index in [2.05, 4.69) is 26.1 Å². The number of rotatable bonds is 6. The van der Waals surface area contributed by atoms with Crippen LogP contribution >= 0.6 is 0 Å². The number of urea groups is 1. The number of nitrogens with one attached hydrogen (secondary N) is 4. The molecule has 0 spiro atoms. The van der Waals surface area contributed by atoms with Crippen molar-refractivity contribution in [3.8, 4) is 0 Å². The third-order valence-corrected chi connectivity index (χ3v) is 4.59. The van der Waals surface area contributed by atoms with Gasteiger partial charge in [-0.3, -0.25) is 20.5 Å². The van der Waals surface area contributed by atoms with Crippen LogP contribution in [0, 0.1) is 27.7 Å². The predicted octanol–water partition coefficient (Wildman–Crippen LogP) is 2.46. The Morgan fingerprint density at radius 3 is 2.12 bits per heavy atom. The van der Waals surface area contributed by atoms with Crippen LogP contribution in [0.2, 0.25) is 0 Å². The molecule has 32 heavy (non-hydrogen) atoms. The highest BCUT2D eigenvalue weighted by Gasteiger charge is 2.21. The van der Waals surface area contributed by atoms with Crippen molar-refractivity contribution in [1.29, 1.82) is 0 Å². The summed E-state index contributed by atoms with van der Waals surface area (Å²) in [5.41, 5.74) is 6.93. The van der Waals surface area contributed by atoms with Crippen molar-refractivity contribution >= 4 is 29.7 Å². The first-order valence-electron chi connectivity index (χ1n) is 9.99. The van der Waals surface area contributed by atoms with Gasteiger partial charge in [0.1, 0.15) is 5.82 Å². The number of carbonyl (C=O) groups excluding carboxylic acids is 4. The van der Waals surface area contributed by atoms with E-state index in [0.29, 0.717) is 28.2 Å². The van der Waals surface area contributed by atoms with E-state index < -0.39 is 23.9 Å². The molecule has 0 fully saturated rings. The minimum Gasteiger partial charge on any atom is -0.462 e. The normalized spacial score (nSPS) is 10.3. The SMILES string of the molecule is CCOC(=O)c1cc(C(=O)NNC(=O)Nc2[nH]c(C)c(C(=O)OCC)c2C)c(C)nc1C. The van der Waals surface area contributed by atoms with Gasteiger partial charge in [0.2, 0.25) is 0 Å². The molecule has 2 heterocycles. The highest BCUT2D eigenvalue weighted by atomic mass is 16.5. The number of hydrazine groups is 1. The van der Waals surface area contributed by atoms with Crippen LogP contribution in [-0.2, 0) is 9.47 Å². The Kier molecular flexibility index (Phi) is 7.94. The topological polar surface area (TPSA) is 152 Å². The molecule has 172 valence electrons. The van der Waals surface area contributed by atoms with Crippen molar-refractivity contribution < 1.29 is 28.7 Å². The van der Waals surface area contributed by atoms with E-state index in [0.717, 1.165) is 0 Å². The van der Waals surface area contributed by atoms with E-state index in [1.165, 1.54) is 6.07 Å². The first kappa shape index (κ1) is 24.4. The number of aromatic amines is 1. The Balaban J connectivity index is 2.09. The molecule has 0 aromatic carbocycles. The van der Waals surface area contributed by atoms with E-state index >= 15 is 0 Å². The fourth-order valence-electron chi connectivity index (χ4n) is 3.08. The molecule has 2 rings (SSSR count). The molecular weight excluding hydrogens is 418 g/mol. The van der Waals surface area contributed by atoms with Crippen molar-refractivity contribution in [3.05, 3.63) is 45.4 Å². The zero-order valence-corrected chi connectivity index (χ0v) is 18.9. The van der Waals surface area contributed by atoms with Crippen LogP contribution < -0.4 is 16.2 Å².